The summed E-state index contributed by atoms with van der Waals surface area (Å²) in [5, 5.41) is 9.25. The van der Waals surface area contributed by atoms with Crippen LogP contribution in [0.2, 0.25) is 5.02 Å². The number of carbonyl (C=O) groups is 1. The summed E-state index contributed by atoms with van der Waals surface area (Å²) < 4.78 is 12.9. The average Bonchev–Trinajstić information content (AvgIpc) is 2.27. The maximum absolute atomic E-state index is 12.9. The standard InChI is InChI=1S/C12H15ClFNO2/c1-12(2,7-16)15(3)11(17)9-5-4-8(14)6-10(9)13/h4-6,16H,7H2,1-3H3. The quantitative estimate of drug-likeness (QED) is 0.905. The van der Waals surface area contributed by atoms with Gasteiger partial charge in [0.1, 0.15) is 5.82 Å². The molecule has 5 heteroatoms. The number of likely N-dealkylation sites (N-methyl/N-ethyl adjacent to an activating group) is 1. The molecule has 0 saturated heterocycles. The van der Waals surface area contributed by atoms with Gasteiger partial charge in [-0.2, -0.15) is 0 Å². The molecule has 0 fully saturated rings. The summed E-state index contributed by atoms with van der Waals surface area (Å²) in [6, 6.07) is 3.61. The van der Waals surface area contributed by atoms with E-state index in [9.17, 15) is 14.3 Å². The first-order valence-corrected chi connectivity index (χ1v) is 5.51. The van der Waals surface area contributed by atoms with Crippen LogP contribution in [0, 0.1) is 5.82 Å². The van der Waals surface area contributed by atoms with Gasteiger partial charge in [-0.15, -0.1) is 0 Å². The van der Waals surface area contributed by atoms with Crippen LogP contribution < -0.4 is 0 Å². The van der Waals surface area contributed by atoms with Crippen LogP contribution in [-0.4, -0.2) is 35.1 Å². The second-order valence-corrected chi connectivity index (χ2v) is 4.87. The molecule has 0 spiro atoms. The van der Waals surface area contributed by atoms with Gasteiger partial charge in [0.2, 0.25) is 0 Å². The lowest BCUT2D eigenvalue weighted by molar-refractivity contribution is 0.0473. The van der Waals surface area contributed by atoms with Crippen molar-refractivity contribution in [1.29, 1.82) is 0 Å². The van der Waals surface area contributed by atoms with Crippen LogP contribution in [0.5, 0.6) is 0 Å². The molecule has 0 heterocycles. The molecule has 0 aliphatic carbocycles. The molecule has 0 aliphatic rings. The van der Waals surface area contributed by atoms with Crippen molar-refractivity contribution >= 4 is 17.5 Å². The molecule has 3 nitrogen and oxygen atoms in total. The van der Waals surface area contributed by atoms with Crippen molar-refractivity contribution in [1.82, 2.24) is 4.90 Å². The van der Waals surface area contributed by atoms with E-state index in [0.29, 0.717) is 0 Å². The van der Waals surface area contributed by atoms with E-state index in [0.717, 1.165) is 6.07 Å². The number of amides is 1. The van der Waals surface area contributed by atoms with Crippen LogP contribution in [0.15, 0.2) is 18.2 Å². The molecule has 1 N–H and O–H groups in total. The fraction of sp³-hybridized carbons (Fsp3) is 0.417. The maximum atomic E-state index is 12.9. The van der Waals surface area contributed by atoms with Crippen molar-refractivity contribution in [2.75, 3.05) is 13.7 Å². The molecule has 1 amide bonds. The van der Waals surface area contributed by atoms with Crippen molar-refractivity contribution in [3.63, 3.8) is 0 Å². The van der Waals surface area contributed by atoms with Gasteiger partial charge in [-0.3, -0.25) is 4.79 Å². The Morgan fingerprint density at radius 1 is 1.53 bits per heavy atom. The van der Waals surface area contributed by atoms with E-state index >= 15 is 0 Å². The zero-order chi connectivity index (χ0) is 13.2. The predicted molar refractivity (Wildman–Crippen MR) is 64.7 cm³/mol. The van der Waals surface area contributed by atoms with Crippen molar-refractivity contribution in [3.8, 4) is 0 Å². The molecule has 1 aromatic carbocycles. The number of aliphatic hydroxyl groups is 1. The van der Waals surface area contributed by atoms with Gasteiger partial charge < -0.3 is 10.0 Å². The molecule has 0 unspecified atom stereocenters. The fourth-order valence-electron chi connectivity index (χ4n) is 1.22. The zero-order valence-electron chi connectivity index (χ0n) is 10.00. The first-order valence-electron chi connectivity index (χ1n) is 5.13. The minimum Gasteiger partial charge on any atom is -0.394 e. The van der Waals surface area contributed by atoms with Gasteiger partial charge in [-0.05, 0) is 32.0 Å². The van der Waals surface area contributed by atoms with Crippen LogP contribution in [0.1, 0.15) is 24.2 Å². The molecular formula is C12H15ClFNO2. The summed E-state index contributed by atoms with van der Waals surface area (Å²) in [6.45, 7) is 3.28. The Balaban J connectivity index is 3.05. The third-order valence-electron chi connectivity index (χ3n) is 2.76. The number of hydrogen-bond donors (Lipinski definition) is 1. The lowest BCUT2D eigenvalue weighted by atomic mass is 10.0. The van der Waals surface area contributed by atoms with Gasteiger partial charge in [0.25, 0.3) is 5.91 Å². The molecular weight excluding hydrogens is 245 g/mol. The third kappa shape index (κ3) is 2.96. The summed E-state index contributed by atoms with van der Waals surface area (Å²) in [5.41, 5.74) is -0.480. The minimum absolute atomic E-state index is 0.0654. The molecule has 0 atom stereocenters. The highest BCUT2D eigenvalue weighted by Crippen LogP contribution is 2.22. The first-order chi connectivity index (χ1) is 7.79. The van der Waals surface area contributed by atoms with E-state index in [1.807, 2.05) is 0 Å². The summed E-state index contributed by atoms with van der Waals surface area (Å²) in [4.78, 5) is 13.5. The first kappa shape index (κ1) is 13.9. The van der Waals surface area contributed by atoms with Crippen LogP contribution in [0.4, 0.5) is 4.39 Å². The van der Waals surface area contributed by atoms with E-state index in [2.05, 4.69) is 0 Å². The lowest BCUT2D eigenvalue weighted by Crippen LogP contribution is -2.47. The van der Waals surface area contributed by atoms with Gasteiger partial charge in [0.15, 0.2) is 0 Å². The van der Waals surface area contributed by atoms with Crippen molar-refractivity contribution in [2.24, 2.45) is 0 Å². The molecule has 0 saturated carbocycles. The molecule has 94 valence electrons. The smallest absolute Gasteiger partial charge is 0.255 e. The number of benzene rings is 1. The topological polar surface area (TPSA) is 40.5 Å². The number of nitrogens with zero attached hydrogens (tertiary/aromatic N) is 1. The second kappa shape index (κ2) is 5.02. The number of rotatable bonds is 3. The number of carbonyl (C=O) groups excluding carboxylic acids is 1. The van der Waals surface area contributed by atoms with E-state index in [1.54, 1.807) is 20.9 Å². The SMILES string of the molecule is CN(C(=O)c1ccc(F)cc1Cl)C(C)(C)CO. The van der Waals surface area contributed by atoms with Crippen LogP contribution in [-0.2, 0) is 0 Å². The van der Waals surface area contributed by atoms with Gasteiger partial charge in [0.05, 0.1) is 22.7 Å². The highest BCUT2D eigenvalue weighted by molar-refractivity contribution is 6.33. The lowest BCUT2D eigenvalue weighted by Gasteiger charge is -2.34. The number of halogens is 2. The second-order valence-electron chi connectivity index (χ2n) is 4.46. The Morgan fingerprint density at radius 3 is 2.59 bits per heavy atom. The number of hydrogen-bond acceptors (Lipinski definition) is 2. The summed E-state index contributed by atoms with van der Waals surface area (Å²) >= 11 is 5.81. The molecule has 0 bridgehead atoms. The largest absolute Gasteiger partial charge is 0.394 e. The van der Waals surface area contributed by atoms with Crippen molar-refractivity contribution in [2.45, 2.75) is 19.4 Å². The summed E-state index contributed by atoms with van der Waals surface area (Å²) in [6.07, 6.45) is 0. The van der Waals surface area contributed by atoms with Crippen LogP contribution in [0.25, 0.3) is 0 Å². The van der Waals surface area contributed by atoms with E-state index in [-0.39, 0.29) is 23.1 Å². The average molecular weight is 260 g/mol. The Morgan fingerprint density at radius 2 is 2.12 bits per heavy atom. The highest BCUT2D eigenvalue weighted by atomic mass is 35.5. The maximum Gasteiger partial charge on any atom is 0.255 e. The molecule has 17 heavy (non-hydrogen) atoms. The Bertz CT molecular complexity index is 435. The third-order valence-corrected chi connectivity index (χ3v) is 3.07. The minimum atomic E-state index is -0.700. The van der Waals surface area contributed by atoms with Gasteiger partial charge in [-0.1, -0.05) is 11.6 Å². The zero-order valence-corrected chi connectivity index (χ0v) is 10.8. The molecule has 0 aromatic heterocycles. The predicted octanol–water partition coefficient (Wildman–Crippen LogP) is 2.32. The van der Waals surface area contributed by atoms with Crippen molar-refractivity contribution < 1.29 is 14.3 Å². The van der Waals surface area contributed by atoms with Crippen LogP contribution >= 0.6 is 11.6 Å². The van der Waals surface area contributed by atoms with E-state index in [4.69, 9.17) is 11.6 Å². The Labute approximate surface area is 105 Å². The number of aliphatic hydroxyl groups excluding tert-OH is 1. The van der Waals surface area contributed by atoms with Gasteiger partial charge >= 0.3 is 0 Å². The Kier molecular flexibility index (Phi) is 4.11. The van der Waals surface area contributed by atoms with E-state index < -0.39 is 11.4 Å². The fourth-order valence-corrected chi connectivity index (χ4v) is 1.47. The molecule has 0 aliphatic heterocycles. The van der Waals surface area contributed by atoms with E-state index in [1.165, 1.54) is 17.0 Å². The summed E-state index contributed by atoms with van der Waals surface area (Å²) in [5.74, 6) is -0.843. The highest BCUT2D eigenvalue weighted by Gasteiger charge is 2.28. The normalized spacial score (nSPS) is 11.4. The van der Waals surface area contributed by atoms with Gasteiger partial charge in [0, 0.05) is 7.05 Å². The molecule has 0 radical (unpaired) electrons. The summed E-state index contributed by atoms with van der Waals surface area (Å²) in [7, 11) is 1.57. The van der Waals surface area contributed by atoms with Crippen LogP contribution in [0.3, 0.4) is 0 Å². The molecule has 1 rings (SSSR count). The van der Waals surface area contributed by atoms with Crippen molar-refractivity contribution in [3.05, 3.63) is 34.6 Å². The van der Waals surface area contributed by atoms with Gasteiger partial charge in [-0.25, -0.2) is 4.39 Å². The monoisotopic (exact) mass is 259 g/mol. The molecule has 1 aromatic rings. The Hall–Kier alpha value is -1.13.